The van der Waals surface area contributed by atoms with Gasteiger partial charge in [0, 0.05) is 44.5 Å². The number of halogens is 1. The number of pyridine rings is 1. The topological polar surface area (TPSA) is 74.8 Å². The SMILES string of the molecule is CCOC(=O)c1ccc(N2CCN(CC(=O)NCc3ccccc3F)CC2)nc1. The number of carbonyl (C=O) groups is 2. The van der Waals surface area contributed by atoms with Crippen LogP contribution in [0.1, 0.15) is 22.8 Å². The van der Waals surface area contributed by atoms with Crippen LogP contribution in [0, 0.1) is 5.82 Å². The van der Waals surface area contributed by atoms with Crippen LogP contribution in [0.15, 0.2) is 42.6 Å². The first kappa shape index (κ1) is 20.7. The smallest absolute Gasteiger partial charge is 0.339 e. The Labute approximate surface area is 169 Å². The van der Waals surface area contributed by atoms with Crippen molar-refractivity contribution in [3.05, 3.63) is 59.5 Å². The van der Waals surface area contributed by atoms with Crippen LogP contribution in [0.3, 0.4) is 0 Å². The van der Waals surface area contributed by atoms with Gasteiger partial charge in [-0.3, -0.25) is 9.69 Å². The molecule has 3 rings (SSSR count). The predicted molar refractivity (Wildman–Crippen MR) is 107 cm³/mol. The number of piperazine rings is 1. The molecule has 1 fully saturated rings. The first-order valence-corrected chi connectivity index (χ1v) is 9.67. The Kier molecular flexibility index (Phi) is 7.13. The quantitative estimate of drug-likeness (QED) is 0.715. The van der Waals surface area contributed by atoms with E-state index in [9.17, 15) is 14.0 Å². The molecule has 1 amide bonds. The van der Waals surface area contributed by atoms with Crippen LogP contribution in [0.5, 0.6) is 0 Å². The van der Waals surface area contributed by atoms with E-state index in [1.807, 2.05) is 6.07 Å². The second-order valence-electron chi connectivity index (χ2n) is 6.76. The highest BCUT2D eigenvalue weighted by Gasteiger charge is 2.20. The van der Waals surface area contributed by atoms with Crippen LogP contribution in [0.4, 0.5) is 10.2 Å². The van der Waals surface area contributed by atoms with Gasteiger partial charge in [0.25, 0.3) is 0 Å². The fraction of sp³-hybridized carbons (Fsp3) is 0.381. The Morgan fingerprint density at radius 1 is 1.14 bits per heavy atom. The number of rotatable bonds is 7. The molecule has 1 aliphatic heterocycles. The molecule has 7 nitrogen and oxygen atoms in total. The summed E-state index contributed by atoms with van der Waals surface area (Å²) in [5.41, 5.74) is 0.906. The number of anilines is 1. The Hall–Kier alpha value is -3.00. The third-order valence-electron chi connectivity index (χ3n) is 4.76. The van der Waals surface area contributed by atoms with E-state index < -0.39 is 0 Å². The van der Waals surface area contributed by atoms with Gasteiger partial charge >= 0.3 is 5.97 Å². The molecule has 1 aromatic heterocycles. The van der Waals surface area contributed by atoms with Crippen molar-refractivity contribution in [2.75, 3.05) is 44.2 Å². The van der Waals surface area contributed by atoms with Crippen LogP contribution in [-0.4, -0.2) is 61.1 Å². The summed E-state index contributed by atoms with van der Waals surface area (Å²) in [6.07, 6.45) is 1.52. The van der Waals surface area contributed by atoms with Gasteiger partial charge in [-0.1, -0.05) is 18.2 Å². The zero-order valence-electron chi connectivity index (χ0n) is 16.4. The van der Waals surface area contributed by atoms with Crippen molar-refractivity contribution < 1.29 is 18.7 Å². The van der Waals surface area contributed by atoms with E-state index in [1.54, 1.807) is 31.2 Å². The number of esters is 1. The standard InChI is InChI=1S/C21H25FN4O3/c1-2-29-21(28)17-7-8-19(23-14-17)26-11-9-25(10-12-26)15-20(27)24-13-16-5-3-4-6-18(16)22/h3-8,14H,2,9-13,15H2,1H3,(H,24,27). The number of hydrogen-bond acceptors (Lipinski definition) is 6. The van der Waals surface area contributed by atoms with E-state index in [4.69, 9.17) is 4.74 Å². The van der Waals surface area contributed by atoms with E-state index in [0.717, 1.165) is 18.9 Å². The molecule has 1 saturated heterocycles. The Balaban J connectivity index is 1.43. The van der Waals surface area contributed by atoms with Crippen LogP contribution < -0.4 is 10.2 Å². The average Bonchev–Trinajstić information content (AvgIpc) is 2.74. The van der Waals surface area contributed by atoms with Gasteiger partial charge in [-0.2, -0.15) is 0 Å². The molecule has 8 heteroatoms. The van der Waals surface area contributed by atoms with Gasteiger partial charge in [-0.15, -0.1) is 0 Å². The van der Waals surface area contributed by atoms with Gasteiger partial charge in [0.2, 0.25) is 5.91 Å². The zero-order chi connectivity index (χ0) is 20.6. The van der Waals surface area contributed by atoms with Crippen molar-refractivity contribution in [1.29, 1.82) is 0 Å². The highest BCUT2D eigenvalue weighted by atomic mass is 19.1. The molecule has 29 heavy (non-hydrogen) atoms. The van der Waals surface area contributed by atoms with E-state index in [1.165, 1.54) is 12.3 Å². The maximum atomic E-state index is 13.6. The minimum atomic E-state index is -0.377. The number of nitrogens with one attached hydrogen (secondary N) is 1. The summed E-state index contributed by atoms with van der Waals surface area (Å²) in [4.78, 5) is 32.4. The molecule has 0 atom stereocenters. The molecule has 0 unspecified atom stereocenters. The minimum absolute atomic E-state index is 0.126. The monoisotopic (exact) mass is 400 g/mol. The molecule has 2 heterocycles. The minimum Gasteiger partial charge on any atom is -0.462 e. The van der Waals surface area contributed by atoms with Gasteiger partial charge in [0.1, 0.15) is 11.6 Å². The van der Waals surface area contributed by atoms with Crippen molar-refractivity contribution in [1.82, 2.24) is 15.2 Å². The Morgan fingerprint density at radius 2 is 1.90 bits per heavy atom. The molecule has 154 valence electrons. The zero-order valence-corrected chi connectivity index (χ0v) is 16.4. The first-order chi connectivity index (χ1) is 14.1. The van der Waals surface area contributed by atoms with Crippen LogP contribution in [0.2, 0.25) is 0 Å². The van der Waals surface area contributed by atoms with Crippen molar-refractivity contribution in [3.63, 3.8) is 0 Å². The maximum absolute atomic E-state index is 13.6. The summed E-state index contributed by atoms with van der Waals surface area (Å²) in [5.74, 6) is -0.0269. The number of aromatic nitrogens is 1. The number of nitrogens with zero attached hydrogens (tertiary/aromatic N) is 3. The Morgan fingerprint density at radius 3 is 2.55 bits per heavy atom. The molecule has 0 saturated carbocycles. The number of ether oxygens (including phenoxy) is 1. The highest BCUT2D eigenvalue weighted by molar-refractivity contribution is 5.89. The third-order valence-corrected chi connectivity index (χ3v) is 4.76. The number of carbonyl (C=O) groups excluding carboxylic acids is 2. The molecule has 1 aromatic carbocycles. The Bertz CT molecular complexity index is 836. The van der Waals surface area contributed by atoms with Crippen LogP contribution in [0.25, 0.3) is 0 Å². The van der Waals surface area contributed by atoms with E-state index in [0.29, 0.717) is 30.8 Å². The van der Waals surface area contributed by atoms with Gasteiger partial charge in [0.15, 0.2) is 0 Å². The van der Waals surface area contributed by atoms with Crippen molar-refractivity contribution in [3.8, 4) is 0 Å². The second-order valence-corrected chi connectivity index (χ2v) is 6.76. The maximum Gasteiger partial charge on any atom is 0.339 e. The lowest BCUT2D eigenvalue weighted by atomic mass is 10.2. The van der Waals surface area contributed by atoms with Crippen molar-refractivity contribution in [2.24, 2.45) is 0 Å². The second kappa shape index (κ2) is 9.97. The van der Waals surface area contributed by atoms with Gasteiger partial charge < -0.3 is 15.0 Å². The average molecular weight is 400 g/mol. The lowest BCUT2D eigenvalue weighted by Gasteiger charge is -2.35. The normalized spacial score (nSPS) is 14.5. The summed E-state index contributed by atoms with van der Waals surface area (Å²) in [6, 6.07) is 9.94. The number of benzene rings is 1. The summed E-state index contributed by atoms with van der Waals surface area (Å²) >= 11 is 0. The molecule has 1 N–H and O–H groups in total. The molecular weight excluding hydrogens is 375 g/mol. The van der Waals surface area contributed by atoms with Crippen LogP contribution in [-0.2, 0) is 16.1 Å². The fourth-order valence-electron chi connectivity index (χ4n) is 3.14. The predicted octanol–water partition coefficient (Wildman–Crippen LogP) is 1.84. The molecule has 2 aromatic rings. The number of amides is 1. The lowest BCUT2D eigenvalue weighted by Crippen LogP contribution is -2.49. The molecule has 1 aliphatic rings. The van der Waals surface area contributed by atoms with Gasteiger partial charge in [-0.05, 0) is 25.1 Å². The van der Waals surface area contributed by atoms with E-state index >= 15 is 0 Å². The molecule has 0 bridgehead atoms. The summed E-state index contributed by atoms with van der Waals surface area (Å²) in [6.45, 7) is 5.44. The van der Waals surface area contributed by atoms with Crippen LogP contribution >= 0.6 is 0 Å². The third kappa shape index (κ3) is 5.74. The fourth-order valence-corrected chi connectivity index (χ4v) is 3.14. The van der Waals surface area contributed by atoms with Gasteiger partial charge in [-0.25, -0.2) is 14.2 Å². The summed E-state index contributed by atoms with van der Waals surface area (Å²) in [5, 5.41) is 2.77. The summed E-state index contributed by atoms with van der Waals surface area (Å²) in [7, 11) is 0. The molecular formula is C21H25FN4O3. The molecule has 0 radical (unpaired) electrons. The highest BCUT2D eigenvalue weighted by Crippen LogP contribution is 2.14. The van der Waals surface area contributed by atoms with Crippen molar-refractivity contribution >= 4 is 17.7 Å². The summed E-state index contributed by atoms with van der Waals surface area (Å²) < 4.78 is 18.6. The lowest BCUT2D eigenvalue weighted by molar-refractivity contribution is -0.122. The van der Waals surface area contributed by atoms with E-state index in [-0.39, 0.29) is 30.8 Å². The first-order valence-electron chi connectivity index (χ1n) is 9.67. The molecule has 0 aliphatic carbocycles. The molecule has 0 spiro atoms. The van der Waals surface area contributed by atoms with E-state index in [2.05, 4.69) is 20.1 Å². The largest absolute Gasteiger partial charge is 0.462 e. The van der Waals surface area contributed by atoms with Gasteiger partial charge in [0.05, 0.1) is 18.7 Å². The van der Waals surface area contributed by atoms with Crippen molar-refractivity contribution in [2.45, 2.75) is 13.5 Å². The number of hydrogen-bond donors (Lipinski definition) is 1.